The molecule has 1 aromatic carbocycles. The van der Waals surface area contributed by atoms with Crippen molar-refractivity contribution < 1.29 is 14.6 Å². The molecule has 0 bridgehead atoms. The minimum absolute atomic E-state index is 0.165. The van der Waals surface area contributed by atoms with Crippen LogP contribution >= 0.6 is 0 Å². The summed E-state index contributed by atoms with van der Waals surface area (Å²) in [6.07, 6.45) is 3.19. The fourth-order valence-corrected chi connectivity index (χ4v) is 1.90. The van der Waals surface area contributed by atoms with Crippen molar-refractivity contribution >= 4 is 0 Å². The Hall–Kier alpha value is -2.01. The van der Waals surface area contributed by atoms with E-state index in [1.807, 2.05) is 18.2 Å². The van der Waals surface area contributed by atoms with Crippen LogP contribution in [0.25, 0.3) is 11.3 Å². The lowest BCUT2D eigenvalue weighted by Gasteiger charge is -2.08. The molecule has 1 aromatic heterocycles. The predicted octanol–water partition coefficient (Wildman–Crippen LogP) is 2.02. The van der Waals surface area contributed by atoms with Crippen LogP contribution in [-0.4, -0.2) is 35.9 Å². The maximum absolute atomic E-state index is 8.82. The first kappa shape index (κ1) is 13.4. The zero-order valence-electron chi connectivity index (χ0n) is 11.1. The number of methoxy groups -OCH3 is 2. The zero-order chi connectivity index (χ0) is 13.7. The smallest absolute Gasteiger partial charge is 0.128 e. The molecule has 0 aliphatic rings. The van der Waals surface area contributed by atoms with Crippen LogP contribution in [0.15, 0.2) is 24.4 Å². The van der Waals surface area contributed by atoms with E-state index in [0.29, 0.717) is 6.42 Å². The van der Waals surface area contributed by atoms with E-state index in [4.69, 9.17) is 14.6 Å². The Morgan fingerprint density at radius 3 is 2.79 bits per heavy atom. The second-order valence-electron chi connectivity index (χ2n) is 4.14. The van der Waals surface area contributed by atoms with E-state index in [1.165, 1.54) is 0 Å². The van der Waals surface area contributed by atoms with E-state index in [0.717, 1.165) is 35.0 Å². The largest absolute Gasteiger partial charge is 0.497 e. The van der Waals surface area contributed by atoms with Crippen LogP contribution in [0.5, 0.6) is 11.5 Å². The molecular formula is C14H18N2O3. The van der Waals surface area contributed by atoms with Gasteiger partial charge in [0.15, 0.2) is 0 Å². The van der Waals surface area contributed by atoms with E-state index in [2.05, 4.69) is 9.97 Å². The summed E-state index contributed by atoms with van der Waals surface area (Å²) in [5.74, 6) is 2.38. The number of hydrogen-bond donors (Lipinski definition) is 2. The van der Waals surface area contributed by atoms with Crippen LogP contribution < -0.4 is 9.47 Å². The number of aromatic nitrogens is 2. The third-order valence-corrected chi connectivity index (χ3v) is 2.90. The maximum Gasteiger partial charge on any atom is 0.128 e. The monoisotopic (exact) mass is 262 g/mol. The van der Waals surface area contributed by atoms with Gasteiger partial charge in [-0.1, -0.05) is 0 Å². The lowest BCUT2D eigenvalue weighted by atomic mass is 10.1. The summed E-state index contributed by atoms with van der Waals surface area (Å²) in [5, 5.41) is 8.82. The normalized spacial score (nSPS) is 10.5. The molecule has 0 aliphatic heterocycles. The third-order valence-electron chi connectivity index (χ3n) is 2.90. The van der Waals surface area contributed by atoms with Gasteiger partial charge in [-0.15, -0.1) is 0 Å². The highest BCUT2D eigenvalue weighted by molar-refractivity contribution is 5.68. The number of hydrogen-bond acceptors (Lipinski definition) is 4. The second-order valence-corrected chi connectivity index (χ2v) is 4.14. The molecule has 0 radical (unpaired) electrons. The number of ether oxygens (including phenoxy) is 2. The Morgan fingerprint density at radius 1 is 1.26 bits per heavy atom. The van der Waals surface area contributed by atoms with Crippen molar-refractivity contribution in [2.45, 2.75) is 12.8 Å². The molecule has 2 rings (SSSR count). The maximum atomic E-state index is 8.82. The second kappa shape index (κ2) is 6.24. The fraction of sp³-hybridized carbons (Fsp3) is 0.357. The van der Waals surface area contributed by atoms with E-state index in [9.17, 15) is 0 Å². The number of rotatable bonds is 6. The minimum Gasteiger partial charge on any atom is -0.497 e. The first-order valence-electron chi connectivity index (χ1n) is 6.15. The van der Waals surface area contributed by atoms with Gasteiger partial charge in [0.05, 0.1) is 26.1 Å². The van der Waals surface area contributed by atoms with Crippen LogP contribution in [-0.2, 0) is 6.42 Å². The summed E-state index contributed by atoms with van der Waals surface area (Å²) < 4.78 is 10.6. The molecule has 2 N–H and O–H groups in total. The third kappa shape index (κ3) is 3.06. The Balaban J connectivity index is 2.31. The Labute approximate surface area is 112 Å². The number of aromatic amines is 1. The van der Waals surface area contributed by atoms with E-state index < -0.39 is 0 Å². The predicted molar refractivity (Wildman–Crippen MR) is 72.5 cm³/mol. The number of aliphatic hydroxyl groups is 1. The molecule has 0 spiro atoms. The van der Waals surface area contributed by atoms with Crippen LogP contribution in [0.3, 0.4) is 0 Å². The summed E-state index contributed by atoms with van der Waals surface area (Å²) in [4.78, 5) is 7.53. The molecule has 0 saturated heterocycles. The van der Waals surface area contributed by atoms with Crippen LogP contribution in [0.2, 0.25) is 0 Å². The topological polar surface area (TPSA) is 67.4 Å². The molecule has 0 amide bonds. The minimum atomic E-state index is 0.165. The molecule has 0 saturated carbocycles. The Bertz CT molecular complexity index is 537. The summed E-state index contributed by atoms with van der Waals surface area (Å²) in [7, 11) is 3.26. The van der Waals surface area contributed by atoms with E-state index >= 15 is 0 Å². The quantitative estimate of drug-likeness (QED) is 0.835. The van der Waals surface area contributed by atoms with Crippen molar-refractivity contribution in [1.29, 1.82) is 0 Å². The molecular weight excluding hydrogens is 244 g/mol. The molecule has 0 aliphatic carbocycles. The number of nitrogens with one attached hydrogen (secondary N) is 1. The zero-order valence-corrected chi connectivity index (χ0v) is 11.1. The van der Waals surface area contributed by atoms with E-state index in [1.54, 1.807) is 20.4 Å². The van der Waals surface area contributed by atoms with Crippen molar-refractivity contribution in [2.75, 3.05) is 20.8 Å². The molecule has 5 heteroatoms. The van der Waals surface area contributed by atoms with Gasteiger partial charge in [0.1, 0.15) is 17.3 Å². The first-order valence-corrected chi connectivity index (χ1v) is 6.15. The molecule has 5 nitrogen and oxygen atoms in total. The average Bonchev–Trinajstić information content (AvgIpc) is 2.93. The highest BCUT2D eigenvalue weighted by Crippen LogP contribution is 2.32. The van der Waals surface area contributed by atoms with Gasteiger partial charge in [-0.05, 0) is 24.6 Å². The molecule has 0 unspecified atom stereocenters. The van der Waals surface area contributed by atoms with Gasteiger partial charge in [-0.3, -0.25) is 0 Å². The van der Waals surface area contributed by atoms with Gasteiger partial charge in [0.2, 0.25) is 0 Å². The van der Waals surface area contributed by atoms with E-state index in [-0.39, 0.29) is 6.61 Å². The SMILES string of the molecule is COc1ccc(OC)c(-c2cnc(CCCO)[nH]2)c1. The van der Waals surface area contributed by atoms with Gasteiger partial charge in [0.25, 0.3) is 0 Å². The van der Waals surface area contributed by atoms with Gasteiger partial charge < -0.3 is 19.6 Å². The summed E-state index contributed by atoms with van der Waals surface area (Å²) in [6.45, 7) is 0.165. The highest BCUT2D eigenvalue weighted by Gasteiger charge is 2.10. The van der Waals surface area contributed by atoms with Crippen molar-refractivity contribution in [3.8, 4) is 22.8 Å². The molecule has 2 aromatic rings. The van der Waals surface area contributed by atoms with Gasteiger partial charge in [-0.2, -0.15) is 0 Å². The number of H-pyrrole nitrogens is 1. The standard InChI is InChI=1S/C14H18N2O3/c1-18-10-5-6-13(19-2)11(8-10)12-9-15-14(16-12)4-3-7-17/h5-6,8-9,17H,3-4,7H2,1-2H3,(H,15,16). The Kier molecular flexibility index (Phi) is 4.41. The molecule has 0 fully saturated rings. The van der Waals surface area contributed by atoms with Crippen molar-refractivity contribution in [3.63, 3.8) is 0 Å². The number of imidazole rings is 1. The van der Waals surface area contributed by atoms with Crippen molar-refractivity contribution in [1.82, 2.24) is 9.97 Å². The van der Waals surface area contributed by atoms with Crippen molar-refractivity contribution in [2.24, 2.45) is 0 Å². The first-order chi connectivity index (χ1) is 9.28. The number of aliphatic hydroxyl groups excluding tert-OH is 1. The fourth-order valence-electron chi connectivity index (χ4n) is 1.90. The Morgan fingerprint density at radius 2 is 2.11 bits per heavy atom. The molecule has 102 valence electrons. The molecule has 19 heavy (non-hydrogen) atoms. The summed E-state index contributed by atoms with van der Waals surface area (Å²) in [6, 6.07) is 5.62. The number of aryl methyl sites for hydroxylation is 1. The summed E-state index contributed by atoms with van der Waals surface area (Å²) >= 11 is 0. The summed E-state index contributed by atoms with van der Waals surface area (Å²) in [5.41, 5.74) is 1.79. The van der Waals surface area contributed by atoms with Gasteiger partial charge in [-0.25, -0.2) is 4.98 Å². The lowest BCUT2D eigenvalue weighted by molar-refractivity contribution is 0.287. The van der Waals surface area contributed by atoms with Gasteiger partial charge >= 0.3 is 0 Å². The van der Waals surface area contributed by atoms with Crippen molar-refractivity contribution in [3.05, 3.63) is 30.2 Å². The van der Waals surface area contributed by atoms with Crippen LogP contribution in [0.4, 0.5) is 0 Å². The molecule has 0 atom stereocenters. The lowest BCUT2D eigenvalue weighted by Crippen LogP contribution is -1.93. The number of benzene rings is 1. The number of nitrogens with zero attached hydrogens (tertiary/aromatic N) is 1. The van der Waals surface area contributed by atoms with Crippen LogP contribution in [0, 0.1) is 0 Å². The van der Waals surface area contributed by atoms with Crippen LogP contribution in [0.1, 0.15) is 12.2 Å². The molecule has 1 heterocycles. The average molecular weight is 262 g/mol. The van der Waals surface area contributed by atoms with Gasteiger partial charge in [0, 0.05) is 18.6 Å². The highest BCUT2D eigenvalue weighted by atomic mass is 16.5.